The van der Waals surface area contributed by atoms with Crippen LogP contribution in [0.15, 0.2) is 60.7 Å². The van der Waals surface area contributed by atoms with Crippen LogP contribution in [0.25, 0.3) is 33.9 Å². The smallest absolute Gasteiger partial charge is 0.311 e. The zero-order valence-electron chi connectivity index (χ0n) is 23.0. The van der Waals surface area contributed by atoms with Crippen LogP contribution in [0.1, 0.15) is 59.6 Å². The molecule has 0 spiro atoms. The molecule has 4 rings (SSSR count). The second-order valence-corrected chi connectivity index (χ2v) is 11.5. The molecule has 0 aliphatic rings. The lowest BCUT2D eigenvalue weighted by atomic mass is 9.78. The maximum Gasteiger partial charge on any atom is 0.311 e. The van der Waals surface area contributed by atoms with Crippen LogP contribution in [-0.2, 0) is 10.8 Å². The third-order valence-corrected chi connectivity index (χ3v) is 6.49. The third kappa shape index (κ3) is 5.28. The Morgan fingerprint density at radius 2 is 1.50 bits per heavy atom. The molecule has 0 saturated carbocycles. The number of imidazole rings is 1. The van der Waals surface area contributed by atoms with Crippen molar-refractivity contribution in [3.05, 3.63) is 81.9 Å². The van der Waals surface area contributed by atoms with E-state index < -0.39 is 4.92 Å². The number of nitro groups is 1. The largest absolute Gasteiger partial charge is 0.507 e. The number of aromatic amines is 1. The number of hydrogen-bond donors (Lipinski definition) is 2. The molecular weight excluding hydrogens is 478 g/mol. The first kappa shape index (κ1) is 26.9. The van der Waals surface area contributed by atoms with Crippen LogP contribution in [0.4, 0.5) is 5.69 Å². The Hall–Kier alpha value is -4.13. The second-order valence-electron chi connectivity index (χ2n) is 11.5. The number of benzene rings is 3. The van der Waals surface area contributed by atoms with Crippen LogP contribution in [0.3, 0.4) is 0 Å². The summed E-state index contributed by atoms with van der Waals surface area (Å²) in [5.41, 5.74) is 4.65. The van der Waals surface area contributed by atoms with E-state index in [4.69, 9.17) is 9.72 Å². The van der Waals surface area contributed by atoms with Crippen molar-refractivity contribution < 1.29 is 14.8 Å². The molecule has 7 heteroatoms. The maximum atomic E-state index is 11.8. The van der Waals surface area contributed by atoms with Crippen LogP contribution in [-0.4, -0.2) is 26.6 Å². The molecule has 3 aromatic carbocycles. The molecule has 0 aliphatic carbocycles. The lowest BCUT2D eigenvalue weighted by molar-refractivity contribution is -0.385. The molecule has 0 aliphatic heterocycles. The lowest BCUT2D eigenvalue weighted by Gasteiger charge is -2.28. The molecular formula is C31H35N3O4. The van der Waals surface area contributed by atoms with Gasteiger partial charge in [-0.2, -0.15) is 0 Å². The minimum Gasteiger partial charge on any atom is -0.507 e. The van der Waals surface area contributed by atoms with Crippen molar-refractivity contribution in [2.45, 2.75) is 59.3 Å². The summed E-state index contributed by atoms with van der Waals surface area (Å²) in [5, 5.41) is 23.0. The van der Waals surface area contributed by atoms with E-state index >= 15 is 0 Å². The summed E-state index contributed by atoms with van der Waals surface area (Å²) in [7, 11) is 0. The zero-order valence-corrected chi connectivity index (χ0v) is 23.0. The number of aromatic hydroxyl groups is 1. The molecule has 1 heterocycles. The zero-order chi connectivity index (χ0) is 27.8. The van der Waals surface area contributed by atoms with Crippen LogP contribution in [0, 0.1) is 10.1 Å². The summed E-state index contributed by atoms with van der Waals surface area (Å²) < 4.78 is 5.49. The summed E-state index contributed by atoms with van der Waals surface area (Å²) in [6.07, 6.45) is 0. The standard InChI is InChI=1S/C31H35N3O4/c1-8-38-25-15-14-20(18-24(25)34(36)37)27-26(19-12-10-9-11-13-19)32-29(33-27)21-16-22(30(2,3)4)28(35)23(17-21)31(5,6)7/h9-18,35H,8H2,1-7H3,(H,32,33). The molecule has 0 radical (unpaired) electrons. The average molecular weight is 514 g/mol. The topological polar surface area (TPSA) is 101 Å². The Morgan fingerprint density at radius 1 is 0.895 bits per heavy atom. The van der Waals surface area contributed by atoms with Gasteiger partial charge in [-0.3, -0.25) is 10.1 Å². The molecule has 0 amide bonds. The van der Waals surface area contributed by atoms with Gasteiger partial charge in [0.15, 0.2) is 5.75 Å². The Labute approximate surface area is 223 Å². The van der Waals surface area contributed by atoms with E-state index in [1.54, 1.807) is 19.1 Å². The minimum absolute atomic E-state index is 0.103. The van der Waals surface area contributed by atoms with Gasteiger partial charge in [-0.25, -0.2) is 4.98 Å². The molecule has 198 valence electrons. The number of nitrogens with one attached hydrogen (secondary N) is 1. The first-order chi connectivity index (χ1) is 17.8. The van der Waals surface area contributed by atoms with Gasteiger partial charge in [0.25, 0.3) is 0 Å². The summed E-state index contributed by atoms with van der Waals surface area (Å²) in [5.74, 6) is 1.14. The number of H-pyrrole nitrogens is 1. The lowest BCUT2D eigenvalue weighted by Crippen LogP contribution is -2.17. The molecule has 7 nitrogen and oxygen atoms in total. The van der Waals surface area contributed by atoms with Crippen molar-refractivity contribution in [2.75, 3.05) is 6.61 Å². The Bertz CT molecular complexity index is 1440. The molecule has 0 fully saturated rings. The van der Waals surface area contributed by atoms with Crippen LogP contribution in [0.5, 0.6) is 11.5 Å². The molecule has 0 unspecified atom stereocenters. The van der Waals surface area contributed by atoms with E-state index in [0.717, 1.165) is 22.3 Å². The van der Waals surface area contributed by atoms with Crippen molar-refractivity contribution in [1.29, 1.82) is 0 Å². The van der Waals surface area contributed by atoms with Gasteiger partial charge in [-0.1, -0.05) is 71.9 Å². The number of nitro benzene ring substituents is 1. The van der Waals surface area contributed by atoms with Gasteiger partial charge >= 0.3 is 5.69 Å². The van der Waals surface area contributed by atoms with E-state index in [-0.39, 0.29) is 22.3 Å². The van der Waals surface area contributed by atoms with Gasteiger partial charge < -0.3 is 14.8 Å². The molecule has 1 aromatic heterocycles. The normalized spacial score (nSPS) is 12.0. The summed E-state index contributed by atoms with van der Waals surface area (Å²) in [4.78, 5) is 19.9. The average Bonchev–Trinajstić information content (AvgIpc) is 3.29. The van der Waals surface area contributed by atoms with Gasteiger partial charge in [-0.05, 0) is 42.0 Å². The van der Waals surface area contributed by atoms with Crippen molar-refractivity contribution in [3.8, 4) is 45.4 Å². The van der Waals surface area contributed by atoms with E-state index in [9.17, 15) is 15.2 Å². The highest BCUT2D eigenvalue weighted by molar-refractivity contribution is 5.83. The molecule has 4 aromatic rings. The van der Waals surface area contributed by atoms with Gasteiger partial charge in [0.2, 0.25) is 0 Å². The summed E-state index contributed by atoms with van der Waals surface area (Å²) >= 11 is 0. The molecule has 2 N–H and O–H groups in total. The monoisotopic (exact) mass is 513 g/mol. The van der Waals surface area contributed by atoms with Gasteiger partial charge in [0.1, 0.15) is 11.6 Å². The Balaban J connectivity index is 1.99. The maximum absolute atomic E-state index is 11.8. The molecule has 0 bridgehead atoms. The molecule has 38 heavy (non-hydrogen) atoms. The molecule has 0 saturated heterocycles. The predicted molar refractivity (Wildman–Crippen MR) is 152 cm³/mol. The highest BCUT2D eigenvalue weighted by atomic mass is 16.6. The Morgan fingerprint density at radius 3 is 2.03 bits per heavy atom. The van der Waals surface area contributed by atoms with Gasteiger partial charge in [-0.15, -0.1) is 0 Å². The van der Waals surface area contributed by atoms with Crippen LogP contribution in [0.2, 0.25) is 0 Å². The Kier molecular flexibility index (Phi) is 7.06. The quantitative estimate of drug-likeness (QED) is 0.201. The fourth-order valence-corrected chi connectivity index (χ4v) is 4.53. The predicted octanol–water partition coefficient (Wildman–Crippen LogP) is 8.02. The number of phenolic OH excluding ortho intramolecular Hbond substituents is 1. The van der Waals surface area contributed by atoms with Gasteiger partial charge in [0.05, 0.1) is 22.9 Å². The van der Waals surface area contributed by atoms with E-state index in [2.05, 4.69) is 46.5 Å². The minimum atomic E-state index is -0.431. The molecule has 0 atom stereocenters. The fourth-order valence-electron chi connectivity index (χ4n) is 4.53. The number of rotatable bonds is 6. The second kappa shape index (κ2) is 9.97. The fraction of sp³-hybridized carbons (Fsp3) is 0.323. The SMILES string of the molecule is CCOc1ccc(-c2[nH]c(-c3cc(C(C)(C)C)c(O)c(C(C)(C)C)c3)nc2-c2ccccc2)cc1[N+](=O)[O-]. The van der Waals surface area contributed by atoms with E-state index in [0.29, 0.717) is 35.1 Å². The van der Waals surface area contributed by atoms with Crippen molar-refractivity contribution in [3.63, 3.8) is 0 Å². The highest BCUT2D eigenvalue weighted by Gasteiger charge is 2.28. The number of ether oxygens (including phenoxy) is 1. The van der Waals surface area contributed by atoms with Crippen molar-refractivity contribution in [2.24, 2.45) is 0 Å². The first-order valence-corrected chi connectivity index (χ1v) is 12.8. The van der Waals surface area contributed by atoms with Crippen molar-refractivity contribution in [1.82, 2.24) is 9.97 Å². The first-order valence-electron chi connectivity index (χ1n) is 12.8. The van der Waals surface area contributed by atoms with Crippen LogP contribution < -0.4 is 4.74 Å². The summed E-state index contributed by atoms with van der Waals surface area (Å²) in [6, 6.07) is 18.6. The van der Waals surface area contributed by atoms with E-state index in [1.165, 1.54) is 6.07 Å². The number of nitrogens with zero attached hydrogens (tertiary/aromatic N) is 2. The van der Waals surface area contributed by atoms with Crippen molar-refractivity contribution >= 4 is 5.69 Å². The number of hydrogen-bond acceptors (Lipinski definition) is 5. The number of aromatic nitrogens is 2. The number of phenols is 1. The third-order valence-electron chi connectivity index (χ3n) is 6.49. The summed E-state index contributed by atoms with van der Waals surface area (Å²) in [6.45, 7) is 14.5. The van der Waals surface area contributed by atoms with Crippen LogP contribution >= 0.6 is 0 Å². The van der Waals surface area contributed by atoms with E-state index in [1.807, 2.05) is 42.5 Å². The van der Waals surface area contributed by atoms with Gasteiger partial charge in [0, 0.05) is 33.9 Å². The highest BCUT2D eigenvalue weighted by Crippen LogP contribution is 2.43.